The standard InChI is InChI=1S/C24H29IO4/c1-2-3-4-5-6-7-10-16-28-23(26)21-14-8-9-15-22(21)24(27)29-18-19-12-11-13-20(25)17-19/h8-9,11-15,17H,2-7,10,16,18H2,1H3. The van der Waals surface area contributed by atoms with Gasteiger partial charge in [0.2, 0.25) is 0 Å². The lowest BCUT2D eigenvalue weighted by Gasteiger charge is -2.10. The largest absolute Gasteiger partial charge is 0.462 e. The first-order chi connectivity index (χ1) is 14.1. The Morgan fingerprint density at radius 1 is 0.793 bits per heavy atom. The number of carbonyl (C=O) groups is 2. The van der Waals surface area contributed by atoms with E-state index in [0.29, 0.717) is 6.61 Å². The van der Waals surface area contributed by atoms with Gasteiger partial charge in [-0.25, -0.2) is 9.59 Å². The molecule has 0 spiro atoms. The fourth-order valence-electron chi connectivity index (χ4n) is 2.99. The number of rotatable bonds is 12. The Bertz CT molecular complexity index is 788. The molecule has 0 radical (unpaired) electrons. The molecule has 0 atom stereocenters. The quantitative estimate of drug-likeness (QED) is 0.185. The van der Waals surface area contributed by atoms with Gasteiger partial charge in [0.1, 0.15) is 6.61 Å². The van der Waals surface area contributed by atoms with Crippen molar-refractivity contribution in [3.63, 3.8) is 0 Å². The second-order valence-corrected chi connectivity index (χ2v) is 8.25. The van der Waals surface area contributed by atoms with Gasteiger partial charge in [-0.2, -0.15) is 0 Å². The summed E-state index contributed by atoms with van der Waals surface area (Å²) in [7, 11) is 0. The zero-order valence-corrected chi connectivity index (χ0v) is 19.2. The molecule has 156 valence electrons. The van der Waals surface area contributed by atoms with Crippen molar-refractivity contribution in [3.8, 4) is 0 Å². The van der Waals surface area contributed by atoms with Crippen LogP contribution in [0.4, 0.5) is 0 Å². The molecule has 0 saturated carbocycles. The zero-order chi connectivity index (χ0) is 20.9. The minimum Gasteiger partial charge on any atom is -0.462 e. The second-order valence-electron chi connectivity index (χ2n) is 7.01. The number of esters is 2. The van der Waals surface area contributed by atoms with Gasteiger partial charge >= 0.3 is 11.9 Å². The number of hydrogen-bond donors (Lipinski definition) is 0. The Labute approximate surface area is 187 Å². The Morgan fingerprint density at radius 3 is 2.07 bits per heavy atom. The SMILES string of the molecule is CCCCCCCCCOC(=O)c1ccccc1C(=O)OCc1cccc(I)c1. The molecule has 2 aromatic carbocycles. The third kappa shape index (κ3) is 8.56. The number of unbranched alkanes of at least 4 members (excludes halogenated alkanes) is 6. The van der Waals surface area contributed by atoms with E-state index >= 15 is 0 Å². The topological polar surface area (TPSA) is 52.6 Å². The van der Waals surface area contributed by atoms with Crippen molar-refractivity contribution in [2.45, 2.75) is 58.5 Å². The van der Waals surface area contributed by atoms with Crippen molar-refractivity contribution >= 4 is 34.5 Å². The van der Waals surface area contributed by atoms with Crippen LogP contribution in [0.2, 0.25) is 0 Å². The monoisotopic (exact) mass is 508 g/mol. The van der Waals surface area contributed by atoms with Crippen molar-refractivity contribution in [2.24, 2.45) is 0 Å². The second kappa shape index (κ2) is 13.4. The van der Waals surface area contributed by atoms with Crippen LogP contribution in [0.3, 0.4) is 0 Å². The van der Waals surface area contributed by atoms with E-state index in [0.717, 1.165) is 22.0 Å². The maximum Gasteiger partial charge on any atom is 0.339 e. The highest BCUT2D eigenvalue weighted by molar-refractivity contribution is 14.1. The summed E-state index contributed by atoms with van der Waals surface area (Å²) in [5.41, 5.74) is 1.40. The molecular formula is C24H29IO4. The Kier molecular flexibility index (Phi) is 10.8. The minimum atomic E-state index is -0.521. The molecule has 0 bridgehead atoms. The van der Waals surface area contributed by atoms with Crippen LogP contribution in [0.25, 0.3) is 0 Å². The lowest BCUT2D eigenvalue weighted by molar-refractivity contribution is 0.0436. The smallest absolute Gasteiger partial charge is 0.339 e. The molecular weight excluding hydrogens is 479 g/mol. The molecule has 5 heteroatoms. The number of halogens is 1. The van der Waals surface area contributed by atoms with E-state index in [1.165, 1.54) is 32.1 Å². The van der Waals surface area contributed by atoms with E-state index in [-0.39, 0.29) is 17.7 Å². The first-order valence-electron chi connectivity index (χ1n) is 10.3. The van der Waals surface area contributed by atoms with Gasteiger partial charge in [-0.1, -0.05) is 69.7 Å². The molecule has 2 aromatic rings. The highest BCUT2D eigenvalue weighted by atomic mass is 127. The fraction of sp³-hybridized carbons (Fsp3) is 0.417. The predicted octanol–water partition coefficient (Wildman–Crippen LogP) is 6.56. The van der Waals surface area contributed by atoms with Crippen LogP contribution >= 0.6 is 22.6 Å². The van der Waals surface area contributed by atoms with Gasteiger partial charge in [0, 0.05) is 3.57 Å². The van der Waals surface area contributed by atoms with Gasteiger partial charge in [-0.05, 0) is 58.8 Å². The van der Waals surface area contributed by atoms with Crippen molar-refractivity contribution in [3.05, 3.63) is 68.8 Å². The molecule has 0 aliphatic carbocycles. The number of ether oxygens (including phenoxy) is 2. The van der Waals surface area contributed by atoms with Crippen LogP contribution < -0.4 is 0 Å². The molecule has 0 aliphatic heterocycles. The third-order valence-corrected chi connectivity index (χ3v) is 5.28. The summed E-state index contributed by atoms with van der Waals surface area (Å²) in [5.74, 6) is -0.995. The highest BCUT2D eigenvalue weighted by Gasteiger charge is 2.19. The van der Waals surface area contributed by atoms with Gasteiger partial charge in [-0.15, -0.1) is 0 Å². The van der Waals surface area contributed by atoms with E-state index in [9.17, 15) is 9.59 Å². The molecule has 0 N–H and O–H groups in total. The van der Waals surface area contributed by atoms with Gasteiger partial charge in [0.15, 0.2) is 0 Å². The van der Waals surface area contributed by atoms with E-state index in [2.05, 4.69) is 29.5 Å². The molecule has 0 heterocycles. The maximum absolute atomic E-state index is 12.5. The summed E-state index contributed by atoms with van der Waals surface area (Å²) < 4.78 is 11.9. The number of benzene rings is 2. The van der Waals surface area contributed by atoms with Crippen LogP contribution in [0.15, 0.2) is 48.5 Å². The summed E-state index contributed by atoms with van der Waals surface area (Å²) in [5, 5.41) is 0. The first kappa shape index (κ1) is 23.4. The lowest BCUT2D eigenvalue weighted by atomic mass is 10.1. The average molecular weight is 508 g/mol. The van der Waals surface area contributed by atoms with E-state index in [1.807, 2.05) is 24.3 Å². The van der Waals surface area contributed by atoms with E-state index < -0.39 is 11.9 Å². The van der Waals surface area contributed by atoms with Crippen LogP contribution in [0.5, 0.6) is 0 Å². The van der Waals surface area contributed by atoms with Gasteiger partial charge < -0.3 is 9.47 Å². The van der Waals surface area contributed by atoms with Crippen LogP contribution in [0, 0.1) is 3.57 Å². The summed E-state index contributed by atoms with van der Waals surface area (Å²) in [4.78, 5) is 24.9. The zero-order valence-electron chi connectivity index (χ0n) is 17.0. The van der Waals surface area contributed by atoms with Gasteiger partial charge in [-0.3, -0.25) is 0 Å². The fourth-order valence-corrected chi connectivity index (χ4v) is 3.60. The minimum absolute atomic E-state index is 0.164. The molecule has 4 nitrogen and oxygen atoms in total. The molecule has 29 heavy (non-hydrogen) atoms. The lowest BCUT2D eigenvalue weighted by Crippen LogP contribution is -2.14. The average Bonchev–Trinajstić information content (AvgIpc) is 2.74. The van der Waals surface area contributed by atoms with Crippen LogP contribution in [-0.4, -0.2) is 18.5 Å². The van der Waals surface area contributed by atoms with Crippen molar-refractivity contribution in [1.82, 2.24) is 0 Å². The highest BCUT2D eigenvalue weighted by Crippen LogP contribution is 2.15. The number of hydrogen-bond acceptors (Lipinski definition) is 4. The Balaban J connectivity index is 1.82. The predicted molar refractivity (Wildman–Crippen MR) is 123 cm³/mol. The maximum atomic E-state index is 12.5. The molecule has 0 unspecified atom stereocenters. The summed E-state index contributed by atoms with van der Waals surface area (Å²) >= 11 is 2.21. The van der Waals surface area contributed by atoms with Gasteiger partial charge in [0.25, 0.3) is 0 Å². The van der Waals surface area contributed by atoms with E-state index in [4.69, 9.17) is 9.47 Å². The van der Waals surface area contributed by atoms with Crippen LogP contribution in [0.1, 0.15) is 78.1 Å². The summed E-state index contributed by atoms with van der Waals surface area (Å²) in [6.07, 6.45) is 8.09. The Morgan fingerprint density at radius 2 is 1.41 bits per heavy atom. The summed E-state index contributed by atoms with van der Waals surface area (Å²) in [6, 6.07) is 14.4. The van der Waals surface area contributed by atoms with Crippen molar-refractivity contribution in [2.75, 3.05) is 6.61 Å². The van der Waals surface area contributed by atoms with Crippen molar-refractivity contribution < 1.29 is 19.1 Å². The third-order valence-electron chi connectivity index (χ3n) is 4.61. The van der Waals surface area contributed by atoms with E-state index in [1.54, 1.807) is 24.3 Å². The molecule has 2 rings (SSSR count). The molecule has 0 saturated heterocycles. The first-order valence-corrected chi connectivity index (χ1v) is 11.4. The van der Waals surface area contributed by atoms with Crippen molar-refractivity contribution in [1.29, 1.82) is 0 Å². The molecule has 0 fully saturated rings. The normalized spacial score (nSPS) is 10.6. The molecule has 0 amide bonds. The Hall–Kier alpha value is -1.89. The molecule has 0 aromatic heterocycles. The number of carbonyl (C=O) groups excluding carboxylic acids is 2. The van der Waals surface area contributed by atoms with Gasteiger partial charge in [0.05, 0.1) is 17.7 Å². The summed E-state index contributed by atoms with van der Waals surface area (Å²) in [6.45, 7) is 2.74. The molecule has 0 aliphatic rings. The van der Waals surface area contributed by atoms with Crippen LogP contribution in [-0.2, 0) is 16.1 Å².